The second kappa shape index (κ2) is 4.14. The highest BCUT2D eigenvalue weighted by Crippen LogP contribution is 2.58. The summed E-state index contributed by atoms with van der Waals surface area (Å²) in [5.74, 6) is -0.818. The van der Waals surface area contributed by atoms with Crippen molar-refractivity contribution in [2.45, 2.75) is 52.2 Å². The summed E-state index contributed by atoms with van der Waals surface area (Å²) < 4.78 is 0. The van der Waals surface area contributed by atoms with Crippen molar-refractivity contribution in [2.24, 2.45) is 17.3 Å². The van der Waals surface area contributed by atoms with E-state index in [4.69, 9.17) is 0 Å². The number of hydrogen-bond donors (Lipinski definition) is 2. The molecule has 0 aliphatic heterocycles. The van der Waals surface area contributed by atoms with Crippen molar-refractivity contribution in [2.75, 3.05) is 0 Å². The third kappa shape index (κ3) is 1.75. The van der Waals surface area contributed by atoms with Crippen molar-refractivity contribution in [1.82, 2.24) is 0 Å². The molecule has 0 amide bonds. The first-order valence-corrected chi connectivity index (χ1v) is 7.51. The maximum Gasteiger partial charge on any atom is 0.187 e. The van der Waals surface area contributed by atoms with Crippen LogP contribution in [0.5, 0.6) is 0 Å². The van der Waals surface area contributed by atoms with Crippen LogP contribution in [-0.2, 0) is 9.59 Å². The Morgan fingerprint density at radius 3 is 2.48 bits per heavy atom. The normalized spacial score (nSPS) is 41.8. The lowest BCUT2D eigenvalue weighted by Gasteiger charge is -2.48. The largest absolute Gasteiger partial charge is 0.390 e. The summed E-state index contributed by atoms with van der Waals surface area (Å²) >= 11 is 0. The Kier molecular flexibility index (Phi) is 2.89. The molecular weight excluding hydrogens is 268 g/mol. The standard InChI is InChI=1S/C17H22O4/c1-8-7-10(18)13-11(14(8)19)15(20)12-9(16(13,2)3)5-6-17(12,4)21/h7,9,12,15,20-21H,5-6H2,1-4H3. The van der Waals surface area contributed by atoms with Gasteiger partial charge in [0.1, 0.15) is 0 Å². The van der Waals surface area contributed by atoms with Crippen molar-refractivity contribution in [3.8, 4) is 0 Å². The van der Waals surface area contributed by atoms with Crippen LogP contribution >= 0.6 is 0 Å². The molecule has 0 heterocycles. The molecule has 1 saturated carbocycles. The van der Waals surface area contributed by atoms with Crippen molar-refractivity contribution in [3.05, 3.63) is 22.8 Å². The minimum atomic E-state index is -1.06. The van der Waals surface area contributed by atoms with Crippen LogP contribution in [0.3, 0.4) is 0 Å². The second-order valence-corrected chi connectivity index (χ2v) is 7.50. The maximum absolute atomic E-state index is 12.5. The number of fused-ring (bicyclic) bond motifs is 1. The second-order valence-electron chi connectivity index (χ2n) is 7.50. The topological polar surface area (TPSA) is 74.6 Å². The summed E-state index contributed by atoms with van der Waals surface area (Å²) in [5.41, 5.74) is -0.482. The Balaban J connectivity index is 2.23. The summed E-state index contributed by atoms with van der Waals surface area (Å²) in [7, 11) is 0. The molecule has 114 valence electrons. The molecule has 21 heavy (non-hydrogen) atoms. The van der Waals surface area contributed by atoms with Crippen LogP contribution in [-0.4, -0.2) is 33.5 Å². The Labute approximate surface area is 124 Å². The van der Waals surface area contributed by atoms with Gasteiger partial charge in [-0.25, -0.2) is 0 Å². The van der Waals surface area contributed by atoms with Gasteiger partial charge in [0.25, 0.3) is 0 Å². The van der Waals surface area contributed by atoms with Crippen LogP contribution in [0.15, 0.2) is 22.8 Å². The van der Waals surface area contributed by atoms with E-state index in [1.807, 2.05) is 13.8 Å². The SMILES string of the molecule is CC1=CC(=O)C2=C(C1=O)C(O)C1C(CCC1(C)O)C2(C)C. The number of aliphatic hydroxyl groups excluding tert-OH is 1. The predicted octanol–water partition coefficient (Wildman–Crippen LogP) is 1.56. The monoisotopic (exact) mass is 290 g/mol. The van der Waals surface area contributed by atoms with E-state index in [0.717, 1.165) is 6.42 Å². The van der Waals surface area contributed by atoms with E-state index in [0.29, 0.717) is 17.6 Å². The predicted molar refractivity (Wildman–Crippen MR) is 77.4 cm³/mol. The van der Waals surface area contributed by atoms with Crippen LogP contribution in [0.25, 0.3) is 0 Å². The first kappa shape index (κ1) is 14.7. The molecule has 0 aromatic rings. The number of hydrogen-bond acceptors (Lipinski definition) is 4. The molecule has 0 bridgehead atoms. The minimum absolute atomic E-state index is 0.00445. The average Bonchev–Trinajstić information content (AvgIpc) is 2.68. The Bertz CT molecular complexity index is 606. The molecule has 3 aliphatic rings. The number of Topliss-reactive ketones (excluding diaryl/α,β-unsaturated/α-hetero) is 1. The molecule has 0 aromatic heterocycles. The average molecular weight is 290 g/mol. The third-order valence-electron chi connectivity index (χ3n) is 5.79. The van der Waals surface area contributed by atoms with Crippen LogP contribution in [0.4, 0.5) is 0 Å². The van der Waals surface area contributed by atoms with E-state index in [-0.39, 0.29) is 23.1 Å². The molecule has 2 N–H and O–H groups in total. The maximum atomic E-state index is 12.5. The summed E-state index contributed by atoms with van der Waals surface area (Å²) in [6.45, 7) is 7.23. The van der Waals surface area contributed by atoms with Gasteiger partial charge in [0.2, 0.25) is 0 Å². The highest BCUT2D eigenvalue weighted by Gasteiger charge is 2.60. The fourth-order valence-electron chi connectivity index (χ4n) is 4.70. The Morgan fingerprint density at radius 2 is 1.86 bits per heavy atom. The number of aliphatic hydroxyl groups is 2. The smallest absolute Gasteiger partial charge is 0.187 e. The van der Waals surface area contributed by atoms with Crippen LogP contribution in [0.2, 0.25) is 0 Å². The number of ketones is 2. The van der Waals surface area contributed by atoms with Gasteiger partial charge in [-0.3, -0.25) is 9.59 Å². The first-order chi connectivity index (χ1) is 9.59. The van der Waals surface area contributed by atoms with Crippen LogP contribution < -0.4 is 0 Å². The molecule has 3 aliphatic carbocycles. The van der Waals surface area contributed by atoms with E-state index < -0.39 is 23.0 Å². The van der Waals surface area contributed by atoms with Gasteiger partial charge in [0.15, 0.2) is 11.6 Å². The third-order valence-corrected chi connectivity index (χ3v) is 5.79. The molecule has 0 saturated heterocycles. The number of rotatable bonds is 0. The van der Waals surface area contributed by atoms with Gasteiger partial charge in [0.05, 0.1) is 11.7 Å². The van der Waals surface area contributed by atoms with Gasteiger partial charge in [-0.2, -0.15) is 0 Å². The zero-order valence-corrected chi connectivity index (χ0v) is 12.9. The van der Waals surface area contributed by atoms with Crippen LogP contribution in [0, 0.1) is 17.3 Å². The number of carbonyl (C=O) groups excluding carboxylic acids is 2. The molecule has 0 radical (unpaired) electrons. The van der Waals surface area contributed by atoms with Gasteiger partial charge in [-0.05, 0) is 44.1 Å². The van der Waals surface area contributed by atoms with E-state index >= 15 is 0 Å². The zero-order chi connectivity index (χ0) is 15.7. The summed E-state index contributed by atoms with van der Waals surface area (Å²) in [4.78, 5) is 24.9. The quantitative estimate of drug-likeness (QED) is 0.664. The highest BCUT2D eigenvalue weighted by molar-refractivity contribution is 6.23. The lowest BCUT2D eigenvalue weighted by molar-refractivity contribution is -0.122. The van der Waals surface area contributed by atoms with Crippen molar-refractivity contribution in [3.63, 3.8) is 0 Å². The molecule has 0 aromatic carbocycles. The Morgan fingerprint density at radius 1 is 1.24 bits per heavy atom. The zero-order valence-electron chi connectivity index (χ0n) is 12.9. The molecule has 4 atom stereocenters. The molecular formula is C17H22O4. The van der Waals surface area contributed by atoms with E-state index in [9.17, 15) is 19.8 Å². The fraction of sp³-hybridized carbons (Fsp3) is 0.647. The summed E-state index contributed by atoms with van der Waals surface area (Å²) in [6, 6.07) is 0. The molecule has 4 unspecified atom stereocenters. The first-order valence-electron chi connectivity index (χ1n) is 7.51. The Hall–Kier alpha value is -1.26. The molecule has 3 rings (SSSR count). The molecule has 1 fully saturated rings. The highest BCUT2D eigenvalue weighted by atomic mass is 16.3. The van der Waals surface area contributed by atoms with Gasteiger partial charge in [-0.15, -0.1) is 0 Å². The van der Waals surface area contributed by atoms with Gasteiger partial charge < -0.3 is 10.2 Å². The van der Waals surface area contributed by atoms with Gasteiger partial charge in [-0.1, -0.05) is 13.8 Å². The van der Waals surface area contributed by atoms with E-state index in [1.54, 1.807) is 13.8 Å². The number of carbonyl (C=O) groups is 2. The summed E-state index contributed by atoms with van der Waals surface area (Å²) in [5, 5.41) is 21.3. The van der Waals surface area contributed by atoms with Gasteiger partial charge in [0, 0.05) is 22.6 Å². The minimum Gasteiger partial charge on any atom is -0.390 e. The van der Waals surface area contributed by atoms with Crippen LogP contribution in [0.1, 0.15) is 40.5 Å². The lowest BCUT2D eigenvalue weighted by atomic mass is 9.56. The lowest BCUT2D eigenvalue weighted by Crippen LogP contribution is -2.52. The number of allylic oxidation sites excluding steroid dienone is 3. The molecule has 4 heteroatoms. The molecule has 0 spiro atoms. The van der Waals surface area contributed by atoms with E-state index in [1.165, 1.54) is 6.08 Å². The van der Waals surface area contributed by atoms with Crippen molar-refractivity contribution in [1.29, 1.82) is 0 Å². The fourth-order valence-corrected chi connectivity index (χ4v) is 4.70. The van der Waals surface area contributed by atoms with Crippen molar-refractivity contribution >= 4 is 11.6 Å². The van der Waals surface area contributed by atoms with Gasteiger partial charge >= 0.3 is 0 Å². The summed E-state index contributed by atoms with van der Waals surface area (Å²) in [6.07, 6.45) is 1.65. The van der Waals surface area contributed by atoms with E-state index in [2.05, 4.69) is 0 Å². The molecule has 4 nitrogen and oxygen atoms in total. The van der Waals surface area contributed by atoms with Crippen molar-refractivity contribution < 1.29 is 19.8 Å².